The van der Waals surface area contributed by atoms with Crippen molar-refractivity contribution in [2.24, 2.45) is 0 Å². The fourth-order valence-electron chi connectivity index (χ4n) is 1.71. The summed E-state index contributed by atoms with van der Waals surface area (Å²) in [7, 11) is 0. The quantitative estimate of drug-likeness (QED) is 0.591. The molecule has 1 aromatic carbocycles. The monoisotopic (exact) mass is 340 g/mol. The number of halogens is 2. The fraction of sp³-hybridized carbons (Fsp3) is 0.214. The van der Waals surface area contributed by atoms with Crippen molar-refractivity contribution in [3.05, 3.63) is 43.2 Å². The van der Waals surface area contributed by atoms with E-state index in [9.17, 15) is 13.6 Å². The van der Waals surface area contributed by atoms with Gasteiger partial charge in [-0.25, -0.2) is 0 Å². The first-order valence-corrected chi connectivity index (χ1v) is 7.54. The molecule has 0 aliphatic carbocycles. The van der Waals surface area contributed by atoms with E-state index in [1.54, 1.807) is 22.8 Å². The van der Waals surface area contributed by atoms with Gasteiger partial charge < -0.3 is 14.6 Å². The van der Waals surface area contributed by atoms with Crippen LogP contribution in [0.25, 0.3) is 0 Å². The summed E-state index contributed by atoms with van der Waals surface area (Å²) in [5, 5.41) is 10.8. The van der Waals surface area contributed by atoms with E-state index >= 15 is 0 Å². The number of hydrogen-bond donors (Lipinski definition) is 1. The minimum Gasteiger partial charge on any atom is -0.433 e. The summed E-state index contributed by atoms with van der Waals surface area (Å²) in [6, 6.07) is 6.00. The molecule has 0 aliphatic heterocycles. The molecule has 1 aromatic heterocycles. The normalized spacial score (nSPS) is 10.6. The molecular weight excluding hydrogens is 326 g/mol. The largest absolute Gasteiger partial charge is 0.433 e. The number of hydrogen-bond acceptors (Lipinski definition) is 5. The summed E-state index contributed by atoms with van der Waals surface area (Å²) >= 11 is 1.18. The molecule has 9 heteroatoms. The Balaban J connectivity index is 1.95. The molecule has 0 aliphatic rings. The van der Waals surface area contributed by atoms with E-state index in [4.69, 9.17) is 0 Å². The van der Waals surface area contributed by atoms with Gasteiger partial charge in [-0.05, 0) is 12.1 Å². The van der Waals surface area contributed by atoms with E-state index in [2.05, 4.69) is 26.8 Å². The summed E-state index contributed by atoms with van der Waals surface area (Å²) < 4.78 is 30.7. The highest BCUT2D eigenvalue weighted by Crippen LogP contribution is 2.26. The Kier molecular flexibility index (Phi) is 6.10. The van der Waals surface area contributed by atoms with Crippen LogP contribution in [-0.4, -0.2) is 33.0 Å². The van der Waals surface area contributed by atoms with Crippen LogP contribution in [0.2, 0.25) is 0 Å². The zero-order valence-corrected chi connectivity index (χ0v) is 12.8. The first kappa shape index (κ1) is 16.9. The Morgan fingerprint density at radius 1 is 1.48 bits per heavy atom. The summed E-state index contributed by atoms with van der Waals surface area (Å²) in [5.41, 5.74) is 0.186. The summed E-state index contributed by atoms with van der Waals surface area (Å²) in [5.74, 6) is -0.400. The van der Waals surface area contributed by atoms with Gasteiger partial charge in [-0.2, -0.15) is 8.78 Å². The Morgan fingerprint density at radius 3 is 3.00 bits per heavy atom. The van der Waals surface area contributed by atoms with Gasteiger partial charge in [-0.3, -0.25) is 4.79 Å². The van der Waals surface area contributed by atoms with Gasteiger partial charge in [0.25, 0.3) is 0 Å². The van der Waals surface area contributed by atoms with Crippen LogP contribution in [-0.2, 0) is 11.3 Å². The second kappa shape index (κ2) is 8.28. The second-order valence-corrected chi connectivity index (χ2v) is 5.21. The number of nitrogens with zero attached hydrogens (tertiary/aromatic N) is 3. The summed E-state index contributed by atoms with van der Waals surface area (Å²) in [6.45, 7) is 1.19. The van der Waals surface area contributed by atoms with Crippen molar-refractivity contribution in [1.29, 1.82) is 0 Å². The molecule has 6 nitrogen and oxygen atoms in total. The maximum absolute atomic E-state index is 12.3. The summed E-state index contributed by atoms with van der Waals surface area (Å²) in [4.78, 5) is 12.0. The Hall–Kier alpha value is -2.42. The predicted octanol–water partition coefficient (Wildman–Crippen LogP) is 2.80. The third-order valence-corrected chi connectivity index (χ3v) is 3.60. The number of amides is 1. The summed E-state index contributed by atoms with van der Waals surface area (Å²) in [6.07, 6.45) is 3.22. The number of allylic oxidation sites excluding steroid dienone is 1. The van der Waals surface area contributed by atoms with Crippen LogP contribution < -0.4 is 10.1 Å². The van der Waals surface area contributed by atoms with Gasteiger partial charge in [0.15, 0.2) is 5.16 Å². The van der Waals surface area contributed by atoms with Crippen LogP contribution in [0.15, 0.2) is 48.4 Å². The van der Waals surface area contributed by atoms with Gasteiger partial charge >= 0.3 is 6.61 Å². The molecular formula is C14H14F2N4O2S. The predicted molar refractivity (Wildman–Crippen MR) is 82.6 cm³/mol. The average Bonchev–Trinajstić information content (AvgIpc) is 2.94. The minimum absolute atomic E-state index is 0.0544. The van der Waals surface area contributed by atoms with Crippen molar-refractivity contribution in [3.8, 4) is 5.75 Å². The van der Waals surface area contributed by atoms with Crippen molar-refractivity contribution < 1.29 is 18.3 Å². The lowest BCUT2D eigenvalue weighted by Gasteiger charge is -2.11. The van der Waals surface area contributed by atoms with E-state index in [0.29, 0.717) is 11.7 Å². The standard InChI is InChI=1S/C14H14F2N4O2S/c1-2-7-20-9-17-19-14(20)23-8-12(21)18-10-5-3-4-6-11(10)22-13(15)16/h2-6,9,13H,1,7-8H2,(H,18,21). The van der Waals surface area contributed by atoms with Gasteiger partial charge in [0.05, 0.1) is 11.4 Å². The molecule has 1 amide bonds. The van der Waals surface area contributed by atoms with Crippen LogP contribution in [0, 0.1) is 0 Å². The van der Waals surface area contributed by atoms with Gasteiger partial charge in [0.2, 0.25) is 5.91 Å². The van der Waals surface area contributed by atoms with E-state index in [1.165, 1.54) is 30.2 Å². The number of carbonyl (C=O) groups is 1. The molecule has 0 atom stereocenters. The molecule has 0 saturated heterocycles. The molecule has 0 fully saturated rings. The lowest BCUT2D eigenvalue weighted by atomic mass is 10.3. The van der Waals surface area contributed by atoms with Gasteiger partial charge in [0.1, 0.15) is 12.1 Å². The SMILES string of the molecule is C=CCn1cnnc1SCC(=O)Nc1ccccc1OC(F)F. The molecule has 0 saturated carbocycles. The Morgan fingerprint density at radius 2 is 2.26 bits per heavy atom. The highest BCUT2D eigenvalue weighted by atomic mass is 32.2. The number of thioether (sulfide) groups is 1. The maximum Gasteiger partial charge on any atom is 0.387 e. The lowest BCUT2D eigenvalue weighted by Crippen LogP contribution is -2.16. The number of nitrogens with one attached hydrogen (secondary N) is 1. The number of rotatable bonds is 8. The van der Waals surface area contributed by atoms with Crippen LogP contribution in [0.1, 0.15) is 0 Å². The second-order valence-electron chi connectivity index (χ2n) is 4.27. The molecule has 23 heavy (non-hydrogen) atoms. The van der Waals surface area contributed by atoms with Gasteiger partial charge in [-0.1, -0.05) is 30.0 Å². The fourth-order valence-corrected chi connectivity index (χ4v) is 2.43. The van der Waals surface area contributed by atoms with E-state index < -0.39 is 6.61 Å². The molecule has 0 unspecified atom stereocenters. The average molecular weight is 340 g/mol. The number of carbonyl (C=O) groups excluding carboxylic acids is 1. The third-order valence-electron chi connectivity index (χ3n) is 2.62. The Bertz CT molecular complexity index is 678. The number of benzene rings is 1. The molecule has 122 valence electrons. The molecule has 0 radical (unpaired) electrons. The topological polar surface area (TPSA) is 69.0 Å². The zero-order chi connectivity index (χ0) is 16.7. The molecule has 2 aromatic rings. The van der Waals surface area contributed by atoms with Crippen LogP contribution in [0.4, 0.5) is 14.5 Å². The molecule has 2 rings (SSSR count). The minimum atomic E-state index is -2.96. The number of aromatic nitrogens is 3. The van der Waals surface area contributed by atoms with E-state index in [-0.39, 0.29) is 23.1 Å². The van der Waals surface area contributed by atoms with Gasteiger partial charge in [-0.15, -0.1) is 16.8 Å². The van der Waals surface area contributed by atoms with Gasteiger partial charge in [0, 0.05) is 6.54 Å². The van der Waals surface area contributed by atoms with Crippen molar-refractivity contribution >= 4 is 23.4 Å². The number of para-hydroxylation sites is 2. The highest BCUT2D eigenvalue weighted by Gasteiger charge is 2.13. The number of anilines is 1. The molecule has 1 N–H and O–H groups in total. The maximum atomic E-state index is 12.3. The van der Waals surface area contributed by atoms with Crippen LogP contribution >= 0.6 is 11.8 Å². The molecule has 1 heterocycles. The lowest BCUT2D eigenvalue weighted by molar-refractivity contribution is -0.113. The van der Waals surface area contributed by atoms with E-state index in [1.807, 2.05) is 0 Å². The third kappa shape index (κ3) is 5.06. The first-order chi connectivity index (χ1) is 11.1. The number of alkyl halides is 2. The smallest absolute Gasteiger partial charge is 0.387 e. The van der Waals surface area contributed by atoms with Crippen molar-refractivity contribution in [1.82, 2.24) is 14.8 Å². The Labute approximate surface area is 135 Å². The molecule has 0 spiro atoms. The van der Waals surface area contributed by atoms with Crippen LogP contribution in [0.5, 0.6) is 5.75 Å². The van der Waals surface area contributed by atoms with Crippen molar-refractivity contribution in [2.75, 3.05) is 11.1 Å². The first-order valence-electron chi connectivity index (χ1n) is 6.55. The number of ether oxygens (including phenoxy) is 1. The van der Waals surface area contributed by atoms with E-state index in [0.717, 1.165) is 0 Å². The molecule has 0 bridgehead atoms. The van der Waals surface area contributed by atoms with Crippen molar-refractivity contribution in [3.63, 3.8) is 0 Å². The highest BCUT2D eigenvalue weighted by molar-refractivity contribution is 7.99. The van der Waals surface area contributed by atoms with Crippen LogP contribution in [0.3, 0.4) is 0 Å². The van der Waals surface area contributed by atoms with Crippen molar-refractivity contribution in [2.45, 2.75) is 18.3 Å². The zero-order valence-electron chi connectivity index (χ0n) is 12.0.